The quantitative estimate of drug-likeness (QED) is 0.420. The molecule has 0 aliphatic carbocycles. The third kappa shape index (κ3) is 7.51. The standard InChI is InChI=1S/C22H31FN4O2/c1-4-18(14-24-2)15-25-17-27-9-7-20(8-10-27)26(3)11-12-29-21-6-5-19(16-28)22(23)13-21/h5-6,13-16,20H,2,4,7-12,17H2,1,3H3/b18-14-,25-15-. The molecule has 29 heavy (non-hydrogen) atoms. The molecule has 1 aliphatic heterocycles. The van der Waals surface area contributed by atoms with Crippen LogP contribution in [-0.4, -0.2) is 75.0 Å². The van der Waals surface area contributed by atoms with E-state index < -0.39 is 5.82 Å². The van der Waals surface area contributed by atoms with Crippen LogP contribution in [0.15, 0.2) is 40.0 Å². The minimum absolute atomic E-state index is 0.0462. The summed E-state index contributed by atoms with van der Waals surface area (Å²) in [6.45, 7) is 9.52. The van der Waals surface area contributed by atoms with Gasteiger partial charge in [-0.25, -0.2) is 4.39 Å². The van der Waals surface area contributed by atoms with Gasteiger partial charge in [-0.1, -0.05) is 6.92 Å². The number of carbonyl (C=O) groups excluding carboxylic acids is 1. The Morgan fingerprint density at radius 3 is 2.79 bits per heavy atom. The monoisotopic (exact) mass is 402 g/mol. The van der Waals surface area contributed by atoms with Crippen LogP contribution in [0, 0.1) is 5.82 Å². The molecule has 0 aromatic heterocycles. The number of halogens is 1. The molecule has 1 saturated heterocycles. The van der Waals surface area contributed by atoms with E-state index >= 15 is 0 Å². The molecule has 0 N–H and O–H groups in total. The Hall–Kier alpha value is -2.38. The van der Waals surface area contributed by atoms with E-state index in [9.17, 15) is 9.18 Å². The molecule has 0 spiro atoms. The number of likely N-dealkylation sites (N-methyl/N-ethyl adjacent to an activating group) is 1. The molecule has 2 rings (SSSR count). The van der Waals surface area contributed by atoms with Gasteiger partial charge in [0.05, 0.1) is 12.2 Å². The number of hydrogen-bond donors (Lipinski definition) is 0. The van der Waals surface area contributed by atoms with Crippen LogP contribution in [-0.2, 0) is 0 Å². The second kappa shape index (κ2) is 12.2. The molecule has 7 heteroatoms. The summed E-state index contributed by atoms with van der Waals surface area (Å²) >= 11 is 0. The lowest BCUT2D eigenvalue weighted by Crippen LogP contribution is -2.44. The maximum atomic E-state index is 13.6. The number of benzene rings is 1. The van der Waals surface area contributed by atoms with E-state index in [0.29, 0.717) is 31.4 Å². The average Bonchev–Trinajstić information content (AvgIpc) is 2.73. The third-order valence-corrected chi connectivity index (χ3v) is 5.20. The van der Waals surface area contributed by atoms with E-state index in [-0.39, 0.29) is 5.56 Å². The number of nitrogens with zero attached hydrogens (tertiary/aromatic N) is 4. The summed E-state index contributed by atoms with van der Waals surface area (Å²) in [7, 11) is 2.10. The van der Waals surface area contributed by atoms with Crippen molar-refractivity contribution in [3.63, 3.8) is 0 Å². The minimum Gasteiger partial charge on any atom is -0.492 e. The van der Waals surface area contributed by atoms with Gasteiger partial charge in [0, 0.05) is 44.2 Å². The van der Waals surface area contributed by atoms with Crippen molar-refractivity contribution in [3.8, 4) is 5.75 Å². The fourth-order valence-electron chi connectivity index (χ4n) is 3.29. The van der Waals surface area contributed by atoms with Crippen LogP contribution in [0.1, 0.15) is 36.5 Å². The topological polar surface area (TPSA) is 57.5 Å². The molecule has 6 nitrogen and oxygen atoms in total. The number of aldehydes is 1. The summed E-state index contributed by atoms with van der Waals surface area (Å²) in [6, 6.07) is 4.82. The van der Waals surface area contributed by atoms with Crippen LogP contribution in [0.4, 0.5) is 4.39 Å². The van der Waals surface area contributed by atoms with E-state index in [1.54, 1.807) is 12.3 Å². The maximum Gasteiger partial charge on any atom is 0.152 e. The summed E-state index contributed by atoms with van der Waals surface area (Å²) in [4.78, 5) is 23.6. The fourth-order valence-corrected chi connectivity index (χ4v) is 3.29. The van der Waals surface area contributed by atoms with Gasteiger partial charge in [-0.15, -0.1) is 0 Å². The molecular weight excluding hydrogens is 371 g/mol. The van der Waals surface area contributed by atoms with Gasteiger partial charge >= 0.3 is 0 Å². The number of allylic oxidation sites excluding steroid dienone is 1. The Morgan fingerprint density at radius 2 is 2.17 bits per heavy atom. The summed E-state index contributed by atoms with van der Waals surface area (Å²) in [5.74, 6) is -0.107. The molecule has 0 bridgehead atoms. The van der Waals surface area contributed by atoms with E-state index in [1.165, 1.54) is 12.1 Å². The van der Waals surface area contributed by atoms with E-state index in [4.69, 9.17) is 4.74 Å². The summed E-state index contributed by atoms with van der Waals surface area (Å²) in [5, 5.41) is 0. The molecular formula is C22H31FN4O2. The Morgan fingerprint density at radius 1 is 1.41 bits per heavy atom. The second-order valence-corrected chi connectivity index (χ2v) is 7.17. The van der Waals surface area contributed by atoms with Gasteiger partial charge in [0.15, 0.2) is 6.29 Å². The van der Waals surface area contributed by atoms with E-state index in [0.717, 1.165) is 44.5 Å². The third-order valence-electron chi connectivity index (χ3n) is 5.20. The SMILES string of the molecule is C=N/C=C(\C=N/CN1CCC(N(C)CCOc2ccc(C=O)c(F)c2)CC1)CC. The first kappa shape index (κ1) is 22.9. The molecule has 1 aromatic rings. The first-order chi connectivity index (χ1) is 14.1. The van der Waals surface area contributed by atoms with Crippen LogP contribution in [0.3, 0.4) is 0 Å². The minimum atomic E-state index is -0.553. The Balaban J connectivity index is 1.69. The normalized spacial score (nSPS) is 16.5. The lowest BCUT2D eigenvalue weighted by atomic mass is 10.0. The smallest absolute Gasteiger partial charge is 0.152 e. The van der Waals surface area contributed by atoms with Gasteiger partial charge in [0.25, 0.3) is 0 Å². The van der Waals surface area contributed by atoms with E-state index in [1.807, 2.05) is 6.21 Å². The number of piperidine rings is 1. The number of likely N-dealkylation sites (tertiary alicyclic amines) is 1. The largest absolute Gasteiger partial charge is 0.492 e. The molecule has 0 radical (unpaired) electrons. The van der Waals surface area contributed by atoms with Crippen molar-refractivity contribution in [2.75, 3.05) is 40.0 Å². The van der Waals surface area contributed by atoms with Crippen molar-refractivity contribution in [2.45, 2.75) is 32.2 Å². The summed E-state index contributed by atoms with van der Waals surface area (Å²) in [5.41, 5.74) is 1.13. The number of hydrogen-bond acceptors (Lipinski definition) is 6. The number of rotatable bonds is 11. The zero-order valence-corrected chi connectivity index (χ0v) is 17.4. The van der Waals surface area contributed by atoms with Crippen molar-refractivity contribution >= 4 is 19.2 Å². The lowest BCUT2D eigenvalue weighted by molar-refractivity contribution is 0.111. The predicted molar refractivity (Wildman–Crippen MR) is 116 cm³/mol. The molecule has 0 unspecified atom stereocenters. The summed E-state index contributed by atoms with van der Waals surface area (Å²) < 4.78 is 19.2. The van der Waals surface area contributed by atoms with Crippen molar-refractivity contribution in [1.29, 1.82) is 0 Å². The highest BCUT2D eigenvalue weighted by atomic mass is 19.1. The van der Waals surface area contributed by atoms with Crippen molar-refractivity contribution in [3.05, 3.63) is 41.4 Å². The first-order valence-electron chi connectivity index (χ1n) is 10.0. The van der Waals surface area contributed by atoms with Crippen LogP contribution in [0.25, 0.3) is 0 Å². The van der Waals surface area contributed by atoms with Gasteiger partial charge in [-0.3, -0.25) is 24.6 Å². The van der Waals surface area contributed by atoms with Crippen LogP contribution in [0.5, 0.6) is 5.75 Å². The highest BCUT2D eigenvalue weighted by Gasteiger charge is 2.21. The zero-order valence-electron chi connectivity index (χ0n) is 17.4. The van der Waals surface area contributed by atoms with Crippen LogP contribution in [0.2, 0.25) is 0 Å². The molecule has 1 aliphatic rings. The molecule has 158 valence electrons. The predicted octanol–water partition coefficient (Wildman–Crippen LogP) is 3.44. The van der Waals surface area contributed by atoms with Crippen molar-refractivity contribution < 1.29 is 13.9 Å². The van der Waals surface area contributed by atoms with Gasteiger partial charge < -0.3 is 4.74 Å². The average molecular weight is 403 g/mol. The highest BCUT2D eigenvalue weighted by molar-refractivity contribution is 5.78. The van der Waals surface area contributed by atoms with Gasteiger partial charge in [0.1, 0.15) is 18.2 Å². The maximum absolute atomic E-state index is 13.6. The van der Waals surface area contributed by atoms with Gasteiger partial charge in [0.2, 0.25) is 0 Å². The lowest BCUT2D eigenvalue weighted by Gasteiger charge is -2.36. The Bertz CT molecular complexity index is 728. The molecule has 0 atom stereocenters. The highest BCUT2D eigenvalue weighted by Crippen LogP contribution is 2.17. The van der Waals surface area contributed by atoms with Gasteiger partial charge in [-0.05, 0) is 50.7 Å². The second-order valence-electron chi connectivity index (χ2n) is 7.17. The van der Waals surface area contributed by atoms with Crippen molar-refractivity contribution in [1.82, 2.24) is 9.80 Å². The molecule has 1 fully saturated rings. The fraction of sp³-hybridized carbons (Fsp3) is 0.500. The summed E-state index contributed by atoms with van der Waals surface area (Å²) in [6.07, 6.45) is 7.19. The van der Waals surface area contributed by atoms with Crippen LogP contribution < -0.4 is 4.74 Å². The molecule has 0 saturated carbocycles. The van der Waals surface area contributed by atoms with E-state index in [2.05, 4.69) is 40.5 Å². The number of carbonyl (C=O) groups is 1. The molecule has 0 amide bonds. The van der Waals surface area contributed by atoms with Crippen LogP contribution >= 0.6 is 0 Å². The zero-order chi connectivity index (χ0) is 21.1. The Labute approximate surface area is 172 Å². The Kier molecular flexibility index (Phi) is 9.67. The first-order valence-corrected chi connectivity index (χ1v) is 10.0. The van der Waals surface area contributed by atoms with Crippen molar-refractivity contribution in [2.24, 2.45) is 9.98 Å². The number of ether oxygens (including phenoxy) is 1. The van der Waals surface area contributed by atoms with Gasteiger partial charge in [-0.2, -0.15) is 0 Å². The molecule has 1 heterocycles. The number of aliphatic imine (C=N–C) groups is 2. The molecule has 1 aromatic carbocycles.